The Kier molecular flexibility index (Phi) is 6.58. The highest BCUT2D eigenvalue weighted by Crippen LogP contribution is 2.41. The normalized spacial score (nSPS) is 15.4. The Morgan fingerprint density at radius 1 is 0.971 bits per heavy atom. The molecule has 5 rings (SSSR count). The molecule has 1 saturated heterocycles. The van der Waals surface area contributed by atoms with Crippen LogP contribution in [0.15, 0.2) is 61.1 Å². The van der Waals surface area contributed by atoms with Gasteiger partial charge in [0.2, 0.25) is 0 Å². The number of pyridine rings is 1. The van der Waals surface area contributed by atoms with Crippen molar-refractivity contribution in [2.45, 2.75) is 10.1 Å². The quantitative estimate of drug-likeness (QED) is 0.160. The van der Waals surface area contributed by atoms with Gasteiger partial charge >= 0.3 is 6.18 Å². The van der Waals surface area contributed by atoms with Crippen molar-refractivity contribution in [2.75, 3.05) is 31.2 Å². The maximum absolute atomic E-state index is 15.0. The van der Waals surface area contributed by atoms with Crippen LogP contribution in [0.5, 0.6) is 0 Å². The van der Waals surface area contributed by atoms with Crippen LogP contribution in [0.2, 0.25) is 0 Å². The Labute approximate surface area is 212 Å². The van der Waals surface area contributed by atoms with E-state index in [0.717, 1.165) is 24.8 Å². The second-order valence-electron chi connectivity index (χ2n) is 8.06. The standard InChI is InChI=1S/C25H19F4IN4O/c26-20-6-3-15(22(30)24-19(25(27,28)29)2-1-7-31-24)12-18(20)23-17-5-4-16(13-21(17)32-14-33-23)34-8-10-35-11-9-34/h1-7,12-14,22H,8-11H2. The maximum atomic E-state index is 15.0. The van der Waals surface area contributed by atoms with Gasteiger partial charge in [-0.05, 0) is 48.0 Å². The van der Waals surface area contributed by atoms with Crippen LogP contribution < -0.4 is 4.90 Å². The average Bonchev–Trinajstić information content (AvgIpc) is 2.88. The topological polar surface area (TPSA) is 51.1 Å². The van der Waals surface area contributed by atoms with Gasteiger partial charge in [-0.2, -0.15) is 13.2 Å². The SMILES string of the molecule is Fc1ccc(C(I)c2ncccc2C(F)(F)F)cc1-c1ncnc2cc(N3CCOCC3)ccc12. The molecule has 180 valence electrons. The van der Waals surface area contributed by atoms with Crippen LogP contribution in [0.3, 0.4) is 0 Å². The second kappa shape index (κ2) is 9.65. The minimum atomic E-state index is -4.54. The number of fused-ring (bicyclic) bond motifs is 1. The van der Waals surface area contributed by atoms with E-state index in [1.54, 1.807) is 6.07 Å². The number of anilines is 1. The molecule has 35 heavy (non-hydrogen) atoms. The molecule has 0 radical (unpaired) electrons. The number of hydrogen-bond donors (Lipinski definition) is 0. The fourth-order valence-electron chi connectivity index (χ4n) is 4.18. The first kappa shape index (κ1) is 23.9. The van der Waals surface area contributed by atoms with Crippen LogP contribution in [-0.2, 0) is 10.9 Å². The third-order valence-electron chi connectivity index (χ3n) is 5.92. The van der Waals surface area contributed by atoms with Crippen molar-refractivity contribution >= 4 is 39.2 Å². The van der Waals surface area contributed by atoms with Crippen LogP contribution in [-0.4, -0.2) is 41.3 Å². The van der Waals surface area contributed by atoms with Gasteiger partial charge in [0.05, 0.1) is 39.6 Å². The first-order chi connectivity index (χ1) is 16.8. The zero-order chi connectivity index (χ0) is 24.6. The van der Waals surface area contributed by atoms with Crippen molar-refractivity contribution < 1.29 is 22.3 Å². The number of aromatic nitrogens is 3. The molecule has 1 aliphatic heterocycles. The molecule has 0 aliphatic carbocycles. The molecule has 5 nitrogen and oxygen atoms in total. The van der Waals surface area contributed by atoms with Crippen LogP contribution in [0.25, 0.3) is 22.2 Å². The summed E-state index contributed by atoms with van der Waals surface area (Å²) in [5, 5.41) is 0.652. The van der Waals surface area contributed by atoms with E-state index in [2.05, 4.69) is 19.9 Å². The summed E-state index contributed by atoms with van der Waals surface area (Å²) in [7, 11) is 0. The molecule has 0 bridgehead atoms. The zero-order valence-corrected chi connectivity index (χ0v) is 20.4. The molecule has 0 spiro atoms. The van der Waals surface area contributed by atoms with E-state index in [9.17, 15) is 13.2 Å². The Morgan fingerprint density at radius 2 is 1.77 bits per heavy atom. The van der Waals surface area contributed by atoms with Crippen molar-refractivity contribution in [3.8, 4) is 11.3 Å². The van der Waals surface area contributed by atoms with E-state index in [4.69, 9.17) is 4.74 Å². The largest absolute Gasteiger partial charge is 0.418 e. The third kappa shape index (κ3) is 4.81. The highest BCUT2D eigenvalue weighted by molar-refractivity contribution is 14.1. The smallest absolute Gasteiger partial charge is 0.378 e. The summed E-state index contributed by atoms with van der Waals surface area (Å²) in [6, 6.07) is 12.2. The summed E-state index contributed by atoms with van der Waals surface area (Å²) >= 11 is 1.90. The maximum Gasteiger partial charge on any atom is 0.418 e. The molecular formula is C25H19F4IN4O. The van der Waals surface area contributed by atoms with Gasteiger partial charge in [-0.15, -0.1) is 0 Å². The van der Waals surface area contributed by atoms with Gasteiger partial charge in [-0.1, -0.05) is 28.7 Å². The number of rotatable bonds is 4. The summed E-state index contributed by atoms with van der Waals surface area (Å²) in [6.07, 6.45) is -1.85. The first-order valence-electron chi connectivity index (χ1n) is 10.9. The Bertz CT molecular complexity index is 1380. The van der Waals surface area contributed by atoms with E-state index in [1.807, 2.05) is 40.8 Å². The first-order valence-corrected chi connectivity index (χ1v) is 12.1. The summed E-state index contributed by atoms with van der Waals surface area (Å²) < 4.78 is 60.3. The zero-order valence-electron chi connectivity index (χ0n) is 18.3. The summed E-state index contributed by atoms with van der Waals surface area (Å²) in [5.41, 5.74) is 1.77. The third-order valence-corrected chi connectivity index (χ3v) is 7.23. The monoisotopic (exact) mass is 594 g/mol. The molecule has 3 heterocycles. The average molecular weight is 594 g/mol. The molecule has 0 amide bonds. The van der Waals surface area contributed by atoms with Crippen molar-refractivity contribution in [3.63, 3.8) is 0 Å². The molecule has 1 atom stereocenters. The fourth-order valence-corrected chi connectivity index (χ4v) is 5.06. The molecule has 0 saturated carbocycles. The molecule has 1 aliphatic rings. The second-order valence-corrected chi connectivity index (χ2v) is 9.30. The van der Waals surface area contributed by atoms with Gasteiger partial charge in [0.25, 0.3) is 0 Å². The lowest BCUT2D eigenvalue weighted by Crippen LogP contribution is -2.36. The molecule has 1 fully saturated rings. The predicted octanol–water partition coefficient (Wildman–Crippen LogP) is 6.21. The minimum absolute atomic E-state index is 0.124. The van der Waals surface area contributed by atoms with Gasteiger partial charge in [-0.25, -0.2) is 14.4 Å². The summed E-state index contributed by atoms with van der Waals surface area (Å²) in [5.74, 6) is -0.522. The van der Waals surface area contributed by atoms with Gasteiger partial charge in [-0.3, -0.25) is 4.98 Å². The van der Waals surface area contributed by atoms with Gasteiger partial charge in [0, 0.05) is 35.9 Å². The Balaban J connectivity index is 1.56. The Morgan fingerprint density at radius 3 is 2.54 bits per heavy atom. The van der Waals surface area contributed by atoms with Gasteiger partial charge < -0.3 is 9.64 Å². The lowest BCUT2D eigenvalue weighted by Gasteiger charge is -2.29. The number of halogens is 5. The van der Waals surface area contributed by atoms with E-state index in [0.29, 0.717) is 35.4 Å². The van der Waals surface area contributed by atoms with Crippen LogP contribution in [0.4, 0.5) is 23.2 Å². The van der Waals surface area contributed by atoms with Gasteiger partial charge in [0.1, 0.15) is 12.1 Å². The lowest BCUT2D eigenvalue weighted by molar-refractivity contribution is -0.138. The van der Waals surface area contributed by atoms with Crippen molar-refractivity contribution in [3.05, 3.63) is 83.7 Å². The molecule has 2 aromatic heterocycles. The molecule has 0 N–H and O–H groups in total. The van der Waals surface area contributed by atoms with Crippen LogP contribution >= 0.6 is 22.6 Å². The molecule has 10 heteroatoms. The lowest BCUT2D eigenvalue weighted by atomic mass is 9.99. The van der Waals surface area contributed by atoms with Gasteiger partial charge in [0.15, 0.2) is 0 Å². The van der Waals surface area contributed by atoms with E-state index < -0.39 is 21.5 Å². The molecule has 4 aromatic rings. The summed E-state index contributed by atoms with van der Waals surface area (Å²) in [4.78, 5) is 14.9. The minimum Gasteiger partial charge on any atom is -0.378 e. The van der Waals surface area contributed by atoms with E-state index in [-0.39, 0.29) is 11.3 Å². The molecule has 1 unspecified atom stereocenters. The predicted molar refractivity (Wildman–Crippen MR) is 133 cm³/mol. The fraction of sp³-hybridized carbons (Fsp3) is 0.240. The number of ether oxygens (including phenoxy) is 1. The van der Waals surface area contributed by atoms with Crippen molar-refractivity contribution in [1.82, 2.24) is 15.0 Å². The van der Waals surface area contributed by atoms with Crippen molar-refractivity contribution in [1.29, 1.82) is 0 Å². The summed E-state index contributed by atoms with van der Waals surface area (Å²) in [6.45, 7) is 2.83. The highest BCUT2D eigenvalue weighted by Gasteiger charge is 2.36. The number of benzene rings is 2. The van der Waals surface area contributed by atoms with Crippen molar-refractivity contribution in [2.24, 2.45) is 0 Å². The molecular weight excluding hydrogens is 575 g/mol. The number of morpholine rings is 1. The number of nitrogens with zero attached hydrogens (tertiary/aromatic N) is 4. The Hall–Kier alpha value is -2.86. The number of hydrogen-bond acceptors (Lipinski definition) is 5. The van der Waals surface area contributed by atoms with E-state index in [1.165, 1.54) is 30.7 Å². The van der Waals surface area contributed by atoms with E-state index >= 15 is 4.39 Å². The van der Waals surface area contributed by atoms with Crippen LogP contribution in [0, 0.1) is 5.82 Å². The molecule has 2 aromatic carbocycles. The van der Waals surface area contributed by atoms with Crippen LogP contribution in [0.1, 0.15) is 20.7 Å². The highest BCUT2D eigenvalue weighted by atomic mass is 127. The number of alkyl halides is 4.